The minimum atomic E-state index is -0.543. The Morgan fingerprint density at radius 2 is 2.19 bits per heavy atom. The molecule has 0 aromatic heterocycles. The normalized spacial score (nSPS) is 9.94. The summed E-state index contributed by atoms with van der Waals surface area (Å²) in [5.41, 5.74) is 1.53. The number of carbonyl (C=O) groups is 2. The van der Waals surface area contributed by atoms with Gasteiger partial charge in [0.15, 0.2) is 0 Å². The van der Waals surface area contributed by atoms with E-state index in [4.69, 9.17) is 0 Å². The topological polar surface area (TPSA) is 37.4 Å². The summed E-state index contributed by atoms with van der Waals surface area (Å²) in [6.45, 7) is 2.14. The number of benzene rings is 1. The summed E-state index contributed by atoms with van der Waals surface area (Å²) in [4.78, 5) is 22.5. The zero-order valence-corrected chi connectivity index (χ0v) is 9.37. The van der Waals surface area contributed by atoms with Gasteiger partial charge in [-0.2, -0.15) is 0 Å². The summed E-state index contributed by atoms with van der Waals surface area (Å²) < 4.78 is 13.0. The Morgan fingerprint density at radius 3 is 2.75 bits per heavy atom. The molecule has 0 aliphatic heterocycles. The van der Waals surface area contributed by atoms with Gasteiger partial charge in [0.2, 0.25) is 6.29 Å². The molecule has 0 unspecified atom stereocenters. The minimum absolute atomic E-state index is 0.235. The van der Waals surface area contributed by atoms with Crippen molar-refractivity contribution in [2.45, 2.75) is 13.3 Å². The van der Waals surface area contributed by atoms with E-state index < -0.39 is 5.91 Å². The summed E-state index contributed by atoms with van der Waals surface area (Å²) in [7, 11) is 1.56. The van der Waals surface area contributed by atoms with Crippen LogP contribution in [0.1, 0.15) is 11.1 Å². The number of hydrogen-bond acceptors (Lipinski definition) is 2. The van der Waals surface area contributed by atoms with Gasteiger partial charge < -0.3 is 4.90 Å². The number of amides is 1. The van der Waals surface area contributed by atoms with Crippen molar-refractivity contribution in [1.82, 2.24) is 4.90 Å². The number of halogens is 1. The van der Waals surface area contributed by atoms with Gasteiger partial charge in [-0.15, -0.1) is 0 Å². The molecule has 0 bridgehead atoms. The van der Waals surface area contributed by atoms with E-state index in [-0.39, 0.29) is 12.1 Å². The highest BCUT2D eigenvalue weighted by Crippen LogP contribution is 2.09. The van der Waals surface area contributed by atoms with E-state index in [9.17, 15) is 14.0 Å². The lowest BCUT2D eigenvalue weighted by Gasteiger charge is -2.13. The number of aldehydes is 1. The predicted octanol–water partition coefficient (Wildman–Crippen LogP) is 1.33. The molecule has 0 heterocycles. The van der Waals surface area contributed by atoms with Crippen LogP contribution in [0.25, 0.3) is 0 Å². The van der Waals surface area contributed by atoms with Gasteiger partial charge in [0.25, 0.3) is 5.91 Å². The molecule has 1 aromatic carbocycles. The highest BCUT2D eigenvalue weighted by atomic mass is 19.1. The predicted molar refractivity (Wildman–Crippen MR) is 58.5 cm³/mol. The second-order valence-corrected chi connectivity index (χ2v) is 3.71. The van der Waals surface area contributed by atoms with Crippen LogP contribution in [0.15, 0.2) is 18.2 Å². The molecule has 0 spiro atoms. The Balaban J connectivity index is 2.58. The van der Waals surface area contributed by atoms with Crippen LogP contribution in [0, 0.1) is 12.7 Å². The molecule has 16 heavy (non-hydrogen) atoms. The van der Waals surface area contributed by atoms with Crippen molar-refractivity contribution >= 4 is 12.2 Å². The van der Waals surface area contributed by atoms with Gasteiger partial charge in [-0.3, -0.25) is 9.59 Å². The summed E-state index contributed by atoms with van der Waals surface area (Å²) in [6, 6.07) is 4.84. The Labute approximate surface area is 93.9 Å². The fourth-order valence-electron chi connectivity index (χ4n) is 1.36. The summed E-state index contributed by atoms with van der Waals surface area (Å²) >= 11 is 0. The first kappa shape index (κ1) is 12.4. The molecule has 0 aliphatic rings. The van der Waals surface area contributed by atoms with Crippen molar-refractivity contribution in [3.05, 3.63) is 35.1 Å². The van der Waals surface area contributed by atoms with Crippen LogP contribution in [-0.4, -0.2) is 30.7 Å². The lowest BCUT2D eigenvalue weighted by atomic mass is 10.1. The van der Waals surface area contributed by atoms with E-state index in [1.165, 1.54) is 11.0 Å². The molecular weight excluding hydrogens is 209 g/mol. The highest BCUT2D eigenvalue weighted by molar-refractivity contribution is 6.23. The van der Waals surface area contributed by atoms with Gasteiger partial charge in [-0.1, -0.05) is 12.1 Å². The van der Waals surface area contributed by atoms with Gasteiger partial charge in [-0.25, -0.2) is 4.39 Å². The second kappa shape index (κ2) is 5.39. The van der Waals surface area contributed by atoms with Crippen LogP contribution in [-0.2, 0) is 16.0 Å². The van der Waals surface area contributed by atoms with Gasteiger partial charge in [0.1, 0.15) is 5.82 Å². The maximum atomic E-state index is 13.0. The highest BCUT2D eigenvalue weighted by Gasteiger charge is 2.06. The Hall–Kier alpha value is -1.71. The van der Waals surface area contributed by atoms with Gasteiger partial charge in [0, 0.05) is 13.6 Å². The first-order chi connectivity index (χ1) is 7.54. The number of nitrogens with zero attached hydrogens (tertiary/aromatic N) is 1. The van der Waals surface area contributed by atoms with Crippen LogP contribution < -0.4 is 0 Å². The van der Waals surface area contributed by atoms with E-state index in [1.807, 2.05) is 0 Å². The number of likely N-dealkylation sites (N-methyl/N-ethyl adjacent to an activating group) is 1. The number of carbonyl (C=O) groups excluding carboxylic acids is 2. The molecule has 0 aliphatic carbocycles. The SMILES string of the molecule is Cc1cc(CCN(C)C(=O)C=O)ccc1F. The maximum Gasteiger partial charge on any atom is 0.286 e. The molecule has 0 atom stereocenters. The number of aryl methyl sites for hydroxylation is 1. The van der Waals surface area contributed by atoms with Crippen molar-refractivity contribution in [2.24, 2.45) is 0 Å². The smallest absolute Gasteiger partial charge is 0.286 e. The molecule has 0 fully saturated rings. The van der Waals surface area contributed by atoms with E-state index in [2.05, 4.69) is 0 Å². The van der Waals surface area contributed by atoms with Crippen LogP contribution in [0.2, 0.25) is 0 Å². The molecule has 0 saturated heterocycles. The lowest BCUT2D eigenvalue weighted by Crippen LogP contribution is -2.29. The first-order valence-electron chi connectivity index (χ1n) is 5.00. The molecule has 1 rings (SSSR count). The number of hydrogen-bond donors (Lipinski definition) is 0. The molecule has 1 aromatic rings. The van der Waals surface area contributed by atoms with E-state index in [0.29, 0.717) is 18.5 Å². The second-order valence-electron chi connectivity index (χ2n) is 3.71. The molecule has 0 radical (unpaired) electrons. The average Bonchev–Trinajstić information content (AvgIpc) is 2.29. The molecule has 0 saturated carbocycles. The van der Waals surface area contributed by atoms with Crippen molar-refractivity contribution in [3.8, 4) is 0 Å². The zero-order valence-electron chi connectivity index (χ0n) is 9.37. The zero-order chi connectivity index (χ0) is 12.1. The summed E-state index contributed by atoms with van der Waals surface area (Å²) in [5.74, 6) is -0.778. The molecular formula is C12H14FNO2. The molecule has 4 heteroatoms. The number of rotatable bonds is 4. The Kier molecular flexibility index (Phi) is 4.17. The molecule has 86 valence electrons. The summed E-state index contributed by atoms with van der Waals surface area (Å²) in [5, 5.41) is 0. The van der Waals surface area contributed by atoms with Crippen molar-refractivity contribution in [1.29, 1.82) is 0 Å². The van der Waals surface area contributed by atoms with Crippen molar-refractivity contribution in [3.63, 3.8) is 0 Å². The minimum Gasteiger partial charge on any atom is -0.339 e. The van der Waals surface area contributed by atoms with E-state index in [0.717, 1.165) is 5.56 Å². The van der Waals surface area contributed by atoms with E-state index >= 15 is 0 Å². The third kappa shape index (κ3) is 3.15. The van der Waals surface area contributed by atoms with Gasteiger partial charge in [-0.05, 0) is 30.5 Å². The third-order valence-corrected chi connectivity index (χ3v) is 2.44. The van der Waals surface area contributed by atoms with Crippen LogP contribution >= 0.6 is 0 Å². The fourth-order valence-corrected chi connectivity index (χ4v) is 1.36. The Morgan fingerprint density at radius 1 is 1.50 bits per heavy atom. The monoisotopic (exact) mass is 223 g/mol. The third-order valence-electron chi connectivity index (χ3n) is 2.44. The average molecular weight is 223 g/mol. The van der Waals surface area contributed by atoms with Crippen molar-refractivity contribution in [2.75, 3.05) is 13.6 Å². The van der Waals surface area contributed by atoms with Crippen LogP contribution in [0.4, 0.5) is 4.39 Å². The van der Waals surface area contributed by atoms with Gasteiger partial charge in [0.05, 0.1) is 0 Å². The molecule has 3 nitrogen and oxygen atoms in total. The standard InChI is InChI=1S/C12H14FNO2/c1-9-7-10(3-4-11(9)13)5-6-14(2)12(16)8-15/h3-4,7-8H,5-6H2,1-2H3. The van der Waals surface area contributed by atoms with Crippen LogP contribution in [0.3, 0.4) is 0 Å². The van der Waals surface area contributed by atoms with Gasteiger partial charge >= 0.3 is 0 Å². The molecule has 1 amide bonds. The van der Waals surface area contributed by atoms with E-state index in [1.54, 1.807) is 26.1 Å². The van der Waals surface area contributed by atoms with Crippen LogP contribution in [0.5, 0.6) is 0 Å². The largest absolute Gasteiger partial charge is 0.339 e. The maximum absolute atomic E-state index is 13.0. The fraction of sp³-hybridized carbons (Fsp3) is 0.333. The van der Waals surface area contributed by atoms with Crippen molar-refractivity contribution < 1.29 is 14.0 Å². The molecule has 0 N–H and O–H groups in total. The first-order valence-corrected chi connectivity index (χ1v) is 5.00. The lowest BCUT2D eigenvalue weighted by molar-refractivity contribution is -0.137. The quantitative estimate of drug-likeness (QED) is 0.570. The Bertz CT molecular complexity index is 404. The summed E-state index contributed by atoms with van der Waals surface area (Å²) in [6.07, 6.45) is 0.896.